The van der Waals surface area contributed by atoms with Crippen molar-refractivity contribution in [3.8, 4) is 0 Å². The van der Waals surface area contributed by atoms with E-state index >= 15 is 0 Å². The molecule has 0 amide bonds. The quantitative estimate of drug-likeness (QED) is 0.111. The maximum atomic E-state index is 5.69. The molecule has 1 unspecified atom stereocenters. The third kappa shape index (κ3) is 22.4. The molecule has 0 radical (unpaired) electrons. The molecule has 0 aliphatic carbocycles. The second-order valence-electron chi connectivity index (χ2n) is 9.43. The molecule has 1 aliphatic heterocycles. The summed E-state index contributed by atoms with van der Waals surface area (Å²) in [5.74, 6) is 0. The molecule has 2 heteroatoms. The van der Waals surface area contributed by atoms with Crippen LogP contribution in [-0.2, 0) is 9.47 Å². The van der Waals surface area contributed by atoms with Gasteiger partial charge in [0.2, 0.25) is 0 Å². The zero-order chi connectivity index (χ0) is 20.7. The van der Waals surface area contributed by atoms with Crippen LogP contribution in [0.5, 0.6) is 0 Å². The Morgan fingerprint density at radius 1 is 0.517 bits per heavy atom. The largest absolute Gasteiger partial charge is 0.381 e. The van der Waals surface area contributed by atoms with Gasteiger partial charge in [-0.15, -0.1) is 0 Å². The van der Waals surface area contributed by atoms with Crippen molar-refractivity contribution in [1.29, 1.82) is 0 Å². The minimum absolute atomic E-state index is 0.568. The second-order valence-corrected chi connectivity index (χ2v) is 9.43. The average molecular weight is 411 g/mol. The van der Waals surface area contributed by atoms with Gasteiger partial charge in [-0.2, -0.15) is 0 Å². The minimum atomic E-state index is 0.568. The van der Waals surface area contributed by atoms with E-state index in [1.165, 1.54) is 141 Å². The molecule has 1 rings (SSSR count). The minimum Gasteiger partial charge on any atom is -0.381 e. The van der Waals surface area contributed by atoms with Gasteiger partial charge in [0.25, 0.3) is 0 Å². The predicted molar refractivity (Wildman–Crippen MR) is 128 cm³/mol. The average Bonchev–Trinajstić information content (AvgIpc) is 3.55. The second kappa shape index (κ2) is 22.6. The summed E-state index contributed by atoms with van der Waals surface area (Å²) in [5.41, 5.74) is 0. The Labute approximate surface area is 183 Å². The molecule has 1 heterocycles. The Morgan fingerprint density at radius 2 is 0.862 bits per heavy atom. The summed E-state index contributed by atoms with van der Waals surface area (Å²) in [6.07, 6.45) is 31.8. The van der Waals surface area contributed by atoms with Crippen LogP contribution in [-0.4, -0.2) is 25.9 Å². The van der Waals surface area contributed by atoms with Crippen LogP contribution in [0, 0.1) is 0 Å². The summed E-state index contributed by atoms with van der Waals surface area (Å²) in [7, 11) is 0. The summed E-state index contributed by atoms with van der Waals surface area (Å²) in [5, 5.41) is 0. The van der Waals surface area contributed by atoms with Crippen molar-refractivity contribution >= 4 is 0 Å². The number of ether oxygens (including phenoxy) is 2. The lowest BCUT2D eigenvalue weighted by Crippen LogP contribution is -1.98. The van der Waals surface area contributed by atoms with Gasteiger partial charge in [0.05, 0.1) is 12.7 Å². The topological polar surface area (TPSA) is 21.8 Å². The van der Waals surface area contributed by atoms with Crippen LogP contribution in [0.3, 0.4) is 0 Å². The van der Waals surface area contributed by atoms with Crippen LogP contribution >= 0.6 is 0 Å². The Balaban J connectivity index is 1.58. The summed E-state index contributed by atoms with van der Waals surface area (Å²) >= 11 is 0. The maximum Gasteiger partial charge on any atom is 0.0810 e. The highest BCUT2D eigenvalue weighted by Gasteiger charge is 2.20. The summed E-state index contributed by atoms with van der Waals surface area (Å²) in [6, 6.07) is 0. The molecule has 1 aliphatic rings. The fraction of sp³-hybridized carbons (Fsp3) is 1.00. The summed E-state index contributed by atoms with van der Waals surface area (Å²) < 4.78 is 10.9. The first-order valence-corrected chi connectivity index (χ1v) is 13.6. The Hall–Kier alpha value is -0.0800. The van der Waals surface area contributed by atoms with Gasteiger partial charge in [0, 0.05) is 13.2 Å². The molecule has 0 N–H and O–H groups in total. The van der Waals surface area contributed by atoms with E-state index in [9.17, 15) is 0 Å². The number of hydrogen-bond donors (Lipinski definition) is 0. The molecule has 0 saturated carbocycles. The Kier molecular flexibility index (Phi) is 21.0. The highest BCUT2D eigenvalue weighted by Crippen LogP contribution is 2.16. The van der Waals surface area contributed by atoms with Crippen molar-refractivity contribution in [2.24, 2.45) is 0 Å². The van der Waals surface area contributed by atoms with E-state index in [4.69, 9.17) is 9.47 Å². The lowest BCUT2D eigenvalue weighted by molar-refractivity contribution is 0.124. The summed E-state index contributed by atoms with van der Waals surface area (Å²) in [4.78, 5) is 0. The lowest BCUT2D eigenvalue weighted by atomic mass is 10.0. The van der Waals surface area contributed by atoms with Crippen LogP contribution in [0.2, 0.25) is 0 Å². The van der Waals surface area contributed by atoms with Crippen molar-refractivity contribution in [1.82, 2.24) is 0 Å². The first kappa shape index (κ1) is 27.0. The van der Waals surface area contributed by atoms with Gasteiger partial charge < -0.3 is 9.47 Å². The fourth-order valence-corrected chi connectivity index (χ4v) is 4.21. The van der Waals surface area contributed by atoms with E-state index in [0.29, 0.717) is 6.10 Å². The van der Waals surface area contributed by atoms with Gasteiger partial charge in [0.15, 0.2) is 0 Å². The molecular formula is C27H54O2. The maximum absolute atomic E-state index is 5.69. The predicted octanol–water partition coefficient (Wildman–Crippen LogP) is 9.00. The monoisotopic (exact) mass is 410 g/mol. The molecule has 0 bridgehead atoms. The van der Waals surface area contributed by atoms with Crippen molar-refractivity contribution in [3.05, 3.63) is 0 Å². The fourth-order valence-electron chi connectivity index (χ4n) is 4.21. The highest BCUT2D eigenvalue weighted by molar-refractivity contribution is 4.67. The van der Waals surface area contributed by atoms with Crippen molar-refractivity contribution in [2.75, 3.05) is 19.8 Å². The summed E-state index contributed by atoms with van der Waals surface area (Å²) in [6.45, 7) is 5.18. The molecule has 174 valence electrons. The SMILES string of the molecule is CCCCCCCCCCCCCCCCCCCCCCOCCCC1CO1. The lowest BCUT2D eigenvalue weighted by Gasteiger charge is -2.05. The van der Waals surface area contributed by atoms with Crippen molar-refractivity contribution in [2.45, 2.75) is 154 Å². The number of rotatable bonds is 25. The van der Waals surface area contributed by atoms with Crippen LogP contribution in [0.4, 0.5) is 0 Å². The molecule has 1 atom stereocenters. The van der Waals surface area contributed by atoms with Crippen LogP contribution in [0.1, 0.15) is 148 Å². The van der Waals surface area contributed by atoms with Gasteiger partial charge in [-0.25, -0.2) is 0 Å². The van der Waals surface area contributed by atoms with Gasteiger partial charge in [-0.1, -0.05) is 129 Å². The molecule has 29 heavy (non-hydrogen) atoms. The van der Waals surface area contributed by atoms with E-state index in [-0.39, 0.29) is 0 Å². The van der Waals surface area contributed by atoms with Gasteiger partial charge in [-0.05, 0) is 19.3 Å². The van der Waals surface area contributed by atoms with Crippen LogP contribution in [0.25, 0.3) is 0 Å². The third-order valence-electron chi connectivity index (χ3n) is 6.36. The Bertz CT molecular complexity index is 301. The standard InChI is InChI=1S/C27H54O2/c1-2-3-4-5-6-7-8-9-10-11-12-13-14-15-16-17-18-19-20-21-24-28-25-22-23-27-26-29-27/h27H,2-26H2,1H3. The highest BCUT2D eigenvalue weighted by atomic mass is 16.6. The normalized spacial score (nSPS) is 15.8. The van der Waals surface area contributed by atoms with E-state index in [1.54, 1.807) is 0 Å². The van der Waals surface area contributed by atoms with Crippen LogP contribution in [0.15, 0.2) is 0 Å². The molecule has 0 spiro atoms. The molecule has 0 aromatic heterocycles. The third-order valence-corrected chi connectivity index (χ3v) is 6.36. The zero-order valence-corrected chi connectivity index (χ0v) is 20.1. The van der Waals surface area contributed by atoms with E-state index in [0.717, 1.165) is 19.8 Å². The van der Waals surface area contributed by atoms with Crippen molar-refractivity contribution < 1.29 is 9.47 Å². The molecule has 1 saturated heterocycles. The Morgan fingerprint density at radius 3 is 1.24 bits per heavy atom. The van der Waals surface area contributed by atoms with Gasteiger partial charge in [0.1, 0.15) is 0 Å². The molecule has 1 fully saturated rings. The molecule has 0 aromatic rings. The first-order chi connectivity index (χ1) is 14.4. The van der Waals surface area contributed by atoms with E-state index in [1.807, 2.05) is 0 Å². The molecule has 0 aromatic carbocycles. The molecule has 2 nitrogen and oxygen atoms in total. The van der Waals surface area contributed by atoms with E-state index < -0.39 is 0 Å². The van der Waals surface area contributed by atoms with Crippen LogP contribution < -0.4 is 0 Å². The first-order valence-electron chi connectivity index (χ1n) is 13.6. The smallest absolute Gasteiger partial charge is 0.0810 e. The molecular weight excluding hydrogens is 356 g/mol. The number of unbranched alkanes of at least 4 members (excludes halogenated alkanes) is 19. The number of epoxide rings is 1. The number of hydrogen-bond acceptors (Lipinski definition) is 2. The van der Waals surface area contributed by atoms with Gasteiger partial charge in [-0.3, -0.25) is 0 Å². The van der Waals surface area contributed by atoms with E-state index in [2.05, 4.69) is 6.92 Å². The van der Waals surface area contributed by atoms with Crippen molar-refractivity contribution in [3.63, 3.8) is 0 Å². The van der Waals surface area contributed by atoms with Gasteiger partial charge >= 0.3 is 0 Å². The zero-order valence-electron chi connectivity index (χ0n) is 20.1.